The van der Waals surface area contributed by atoms with Gasteiger partial charge in [-0.2, -0.15) is 0 Å². The van der Waals surface area contributed by atoms with Gasteiger partial charge in [0, 0.05) is 12.1 Å². The van der Waals surface area contributed by atoms with E-state index in [2.05, 4.69) is 19.2 Å². The van der Waals surface area contributed by atoms with Crippen molar-refractivity contribution in [2.75, 3.05) is 23.7 Å². The van der Waals surface area contributed by atoms with Gasteiger partial charge in [-0.1, -0.05) is 32.0 Å². The second kappa shape index (κ2) is 8.57. The Morgan fingerprint density at radius 3 is 2.19 bits per heavy atom. The number of anilines is 1. The first-order chi connectivity index (χ1) is 12.6. The van der Waals surface area contributed by atoms with Crippen LogP contribution in [0.1, 0.15) is 46.8 Å². The van der Waals surface area contributed by atoms with Crippen molar-refractivity contribution in [3.8, 4) is 0 Å². The van der Waals surface area contributed by atoms with Crippen LogP contribution in [0.25, 0.3) is 0 Å². The third-order valence-electron chi connectivity index (χ3n) is 4.62. The smallest absolute Gasteiger partial charge is 0.251 e. The molecule has 0 saturated carbocycles. The van der Waals surface area contributed by atoms with E-state index in [-0.39, 0.29) is 19.0 Å². The van der Waals surface area contributed by atoms with Gasteiger partial charge in [-0.3, -0.25) is 9.10 Å². The summed E-state index contributed by atoms with van der Waals surface area (Å²) in [4.78, 5) is 12.3. The molecule has 0 atom stereocenters. The molecule has 0 saturated heterocycles. The number of carbonyl (C=O) groups is 1. The minimum atomic E-state index is -3.44. The van der Waals surface area contributed by atoms with Crippen LogP contribution in [0, 0.1) is 13.8 Å². The van der Waals surface area contributed by atoms with Crippen molar-refractivity contribution >= 4 is 21.6 Å². The molecule has 0 aliphatic heterocycles. The van der Waals surface area contributed by atoms with Crippen LogP contribution in [-0.4, -0.2) is 33.7 Å². The van der Waals surface area contributed by atoms with Crippen LogP contribution in [-0.2, 0) is 10.0 Å². The van der Waals surface area contributed by atoms with Crippen LogP contribution >= 0.6 is 0 Å². The molecule has 6 heteroatoms. The van der Waals surface area contributed by atoms with Gasteiger partial charge in [-0.05, 0) is 60.7 Å². The Morgan fingerprint density at radius 2 is 1.67 bits per heavy atom. The van der Waals surface area contributed by atoms with Crippen molar-refractivity contribution in [1.82, 2.24) is 5.32 Å². The van der Waals surface area contributed by atoms with E-state index in [4.69, 9.17) is 0 Å². The molecule has 0 unspecified atom stereocenters. The molecule has 0 aliphatic carbocycles. The molecule has 0 fully saturated rings. The number of hydrogen-bond acceptors (Lipinski definition) is 3. The number of nitrogens with one attached hydrogen (secondary N) is 1. The average Bonchev–Trinajstić information content (AvgIpc) is 2.60. The Bertz CT molecular complexity index is 904. The molecule has 2 aromatic rings. The van der Waals surface area contributed by atoms with Gasteiger partial charge in [0.25, 0.3) is 5.91 Å². The Kier molecular flexibility index (Phi) is 6.65. The van der Waals surface area contributed by atoms with Crippen molar-refractivity contribution in [3.63, 3.8) is 0 Å². The maximum atomic E-state index is 12.3. The van der Waals surface area contributed by atoms with Crippen LogP contribution in [0.3, 0.4) is 0 Å². The van der Waals surface area contributed by atoms with E-state index >= 15 is 0 Å². The van der Waals surface area contributed by atoms with Gasteiger partial charge in [0.15, 0.2) is 0 Å². The number of nitrogens with zero attached hydrogens (tertiary/aromatic N) is 1. The highest BCUT2D eigenvalue weighted by atomic mass is 32.2. The summed E-state index contributed by atoms with van der Waals surface area (Å²) in [6.45, 7) is 8.53. The highest BCUT2D eigenvalue weighted by molar-refractivity contribution is 7.92. The molecule has 0 aliphatic rings. The fourth-order valence-corrected chi connectivity index (χ4v) is 3.70. The number of hydrogen-bond donors (Lipinski definition) is 1. The Labute approximate surface area is 162 Å². The zero-order valence-electron chi connectivity index (χ0n) is 16.6. The Morgan fingerprint density at radius 1 is 1.04 bits per heavy atom. The summed E-state index contributed by atoms with van der Waals surface area (Å²) in [5.41, 5.74) is 4.49. The zero-order valence-corrected chi connectivity index (χ0v) is 17.4. The fourth-order valence-electron chi connectivity index (χ4n) is 2.77. The van der Waals surface area contributed by atoms with Crippen LogP contribution < -0.4 is 9.62 Å². The van der Waals surface area contributed by atoms with E-state index in [0.29, 0.717) is 17.2 Å². The molecule has 1 amide bonds. The van der Waals surface area contributed by atoms with Gasteiger partial charge in [0.05, 0.1) is 18.5 Å². The topological polar surface area (TPSA) is 66.5 Å². The number of carbonyl (C=O) groups excluding carboxylic acids is 1. The number of rotatable bonds is 7. The van der Waals surface area contributed by atoms with Gasteiger partial charge in [0.2, 0.25) is 10.0 Å². The Hall–Kier alpha value is -2.34. The predicted octanol–water partition coefficient (Wildman–Crippen LogP) is 3.62. The second-order valence-corrected chi connectivity index (χ2v) is 9.04. The number of sulfonamides is 1. The maximum absolute atomic E-state index is 12.3. The number of benzene rings is 2. The lowest BCUT2D eigenvalue weighted by Crippen LogP contribution is -2.38. The van der Waals surface area contributed by atoms with Crippen LogP contribution in [0.4, 0.5) is 5.69 Å². The molecular formula is C21H28N2O3S. The molecule has 0 radical (unpaired) electrons. The van der Waals surface area contributed by atoms with E-state index in [1.165, 1.54) is 10.6 Å². The molecule has 5 nitrogen and oxygen atoms in total. The van der Waals surface area contributed by atoms with Gasteiger partial charge >= 0.3 is 0 Å². The minimum absolute atomic E-state index is 0.177. The lowest BCUT2D eigenvalue weighted by Gasteiger charge is -2.23. The molecular weight excluding hydrogens is 360 g/mol. The van der Waals surface area contributed by atoms with Crippen molar-refractivity contribution < 1.29 is 13.2 Å². The third-order valence-corrected chi connectivity index (χ3v) is 5.81. The largest absolute Gasteiger partial charge is 0.350 e. The summed E-state index contributed by atoms with van der Waals surface area (Å²) in [6, 6.07) is 13.0. The first-order valence-electron chi connectivity index (χ1n) is 9.02. The zero-order chi connectivity index (χ0) is 20.2. The summed E-state index contributed by atoms with van der Waals surface area (Å²) in [5.74, 6) is 0.171. The Balaban J connectivity index is 2.06. The van der Waals surface area contributed by atoms with E-state index < -0.39 is 10.0 Å². The molecule has 146 valence electrons. The quantitative estimate of drug-likeness (QED) is 0.788. The summed E-state index contributed by atoms with van der Waals surface area (Å²) in [6.07, 6.45) is 1.18. The van der Waals surface area contributed by atoms with Crippen LogP contribution in [0.2, 0.25) is 0 Å². The molecule has 0 bridgehead atoms. The average molecular weight is 389 g/mol. The van der Waals surface area contributed by atoms with Crippen LogP contribution in [0.5, 0.6) is 0 Å². The van der Waals surface area contributed by atoms with Gasteiger partial charge < -0.3 is 5.32 Å². The van der Waals surface area contributed by atoms with E-state index in [9.17, 15) is 13.2 Å². The molecule has 27 heavy (non-hydrogen) atoms. The normalized spacial score (nSPS) is 11.5. The second-order valence-electron chi connectivity index (χ2n) is 7.14. The molecule has 2 aromatic carbocycles. The van der Waals surface area contributed by atoms with Gasteiger partial charge in [-0.25, -0.2) is 8.42 Å². The van der Waals surface area contributed by atoms with Crippen LogP contribution in [0.15, 0.2) is 42.5 Å². The number of amides is 1. The lowest BCUT2D eigenvalue weighted by molar-refractivity contribution is 0.0954. The standard InChI is InChI=1S/C21H28N2O3S/c1-15(2)18-8-10-20(11-9-18)23(27(5,25)26)13-12-22-21(24)19-7-6-16(3)17(4)14-19/h6-11,14-15H,12-13H2,1-5H3,(H,22,24). The monoisotopic (exact) mass is 388 g/mol. The minimum Gasteiger partial charge on any atom is -0.350 e. The first kappa shape index (κ1) is 21.0. The number of aryl methyl sites for hydroxylation is 2. The van der Waals surface area contributed by atoms with Gasteiger partial charge in [0.1, 0.15) is 0 Å². The first-order valence-corrected chi connectivity index (χ1v) is 10.9. The molecule has 1 N–H and O–H groups in total. The molecule has 0 spiro atoms. The molecule has 0 heterocycles. The molecule has 2 rings (SSSR count). The van der Waals surface area contributed by atoms with Crippen molar-refractivity contribution in [2.45, 2.75) is 33.6 Å². The van der Waals surface area contributed by atoms with E-state index in [1.807, 2.05) is 50.2 Å². The summed E-state index contributed by atoms with van der Waals surface area (Å²) in [7, 11) is -3.44. The summed E-state index contributed by atoms with van der Waals surface area (Å²) in [5, 5.41) is 2.80. The van der Waals surface area contributed by atoms with Crippen molar-refractivity contribution in [2.24, 2.45) is 0 Å². The lowest BCUT2D eigenvalue weighted by atomic mass is 10.0. The highest BCUT2D eigenvalue weighted by Crippen LogP contribution is 2.21. The summed E-state index contributed by atoms with van der Waals surface area (Å²) >= 11 is 0. The van der Waals surface area contributed by atoms with Gasteiger partial charge in [-0.15, -0.1) is 0 Å². The van der Waals surface area contributed by atoms with Crippen molar-refractivity contribution in [1.29, 1.82) is 0 Å². The fraction of sp³-hybridized carbons (Fsp3) is 0.381. The third kappa shape index (κ3) is 5.57. The van der Waals surface area contributed by atoms with E-state index in [0.717, 1.165) is 16.7 Å². The maximum Gasteiger partial charge on any atom is 0.251 e. The molecule has 0 aromatic heterocycles. The van der Waals surface area contributed by atoms with E-state index in [1.54, 1.807) is 6.07 Å². The predicted molar refractivity (Wildman–Crippen MR) is 111 cm³/mol. The highest BCUT2D eigenvalue weighted by Gasteiger charge is 2.18. The SMILES string of the molecule is Cc1ccc(C(=O)NCCN(c2ccc(C(C)C)cc2)S(C)(=O)=O)cc1C. The van der Waals surface area contributed by atoms with Crippen molar-refractivity contribution in [3.05, 3.63) is 64.7 Å². The summed E-state index contributed by atoms with van der Waals surface area (Å²) < 4.78 is 25.7.